The molecule has 2 N–H and O–H groups in total. The van der Waals surface area contributed by atoms with E-state index < -0.39 is 5.91 Å². The van der Waals surface area contributed by atoms with Crippen molar-refractivity contribution in [3.63, 3.8) is 0 Å². The minimum absolute atomic E-state index is 0.163. The van der Waals surface area contributed by atoms with Crippen LogP contribution in [0.1, 0.15) is 12.5 Å². The fraction of sp³-hybridized carbons (Fsp3) is 0.190. The Morgan fingerprint density at radius 1 is 1.17 bits per heavy atom. The Balaban J connectivity index is 2.21. The van der Waals surface area contributed by atoms with Crippen molar-refractivity contribution < 1.29 is 19.1 Å². The van der Waals surface area contributed by atoms with Crippen molar-refractivity contribution in [3.05, 3.63) is 57.6 Å². The highest BCUT2D eigenvalue weighted by atomic mass is 35.5. The van der Waals surface area contributed by atoms with E-state index in [1.807, 2.05) is 13.0 Å². The Morgan fingerprint density at radius 2 is 1.87 bits per heavy atom. The molecule has 9 heteroatoms. The number of hydrogen-bond donors (Lipinski definition) is 2. The molecule has 2 aromatic rings. The molecular formula is C21H19Cl2N3O4. The van der Waals surface area contributed by atoms with Crippen LogP contribution in [0.2, 0.25) is 10.0 Å². The number of rotatable bonds is 8. The number of nitrogens with zero attached hydrogens (tertiary/aromatic N) is 1. The summed E-state index contributed by atoms with van der Waals surface area (Å²) in [6.07, 6.45) is 1.39. The summed E-state index contributed by atoms with van der Waals surface area (Å²) < 4.78 is 10.7. The molecule has 0 aliphatic rings. The molecule has 0 saturated heterocycles. The number of benzene rings is 2. The summed E-state index contributed by atoms with van der Waals surface area (Å²) in [5.74, 6) is -0.222. The normalized spacial score (nSPS) is 10.7. The Morgan fingerprint density at radius 3 is 2.47 bits per heavy atom. The number of hydrogen-bond acceptors (Lipinski definition) is 5. The van der Waals surface area contributed by atoms with Gasteiger partial charge in [0.1, 0.15) is 11.6 Å². The number of carbonyl (C=O) groups excluding carboxylic acids is 2. The zero-order valence-corrected chi connectivity index (χ0v) is 17.8. The second-order valence-corrected chi connectivity index (χ2v) is 6.69. The maximum atomic E-state index is 12.5. The number of amides is 2. The number of anilines is 1. The number of methoxy groups -OCH3 is 1. The first-order valence-electron chi connectivity index (χ1n) is 8.84. The van der Waals surface area contributed by atoms with Crippen LogP contribution >= 0.6 is 23.2 Å². The summed E-state index contributed by atoms with van der Waals surface area (Å²) in [6.45, 7) is 2.15. The molecule has 2 rings (SSSR count). The molecule has 0 fully saturated rings. The monoisotopic (exact) mass is 447 g/mol. The number of nitrogens with one attached hydrogen (secondary N) is 2. The molecule has 7 nitrogen and oxygen atoms in total. The third-order valence-corrected chi connectivity index (χ3v) is 4.43. The standard InChI is InChI=1S/C21H19Cl2N3O4/c1-3-25-19(27)12-30-17-8-7-13(10-18(17)29-2)9-14(11-24)21(28)26-20-15(22)5-4-6-16(20)23/h4-10H,3,12H2,1-2H3,(H,25,27)(H,26,28)/b14-9+. The van der Waals surface area contributed by atoms with Gasteiger partial charge in [0, 0.05) is 6.54 Å². The average Bonchev–Trinajstić information content (AvgIpc) is 2.73. The molecule has 30 heavy (non-hydrogen) atoms. The molecule has 0 heterocycles. The van der Waals surface area contributed by atoms with E-state index in [9.17, 15) is 14.9 Å². The highest BCUT2D eigenvalue weighted by Gasteiger charge is 2.15. The first-order chi connectivity index (χ1) is 14.4. The summed E-state index contributed by atoms with van der Waals surface area (Å²) in [5.41, 5.74) is 0.580. The van der Waals surface area contributed by atoms with E-state index in [1.165, 1.54) is 13.2 Å². The molecule has 0 unspecified atom stereocenters. The average molecular weight is 448 g/mol. The Bertz CT molecular complexity index is 996. The van der Waals surface area contributed by atoms with Crippen molar-refractivity contribution in [2.45, 2.75) is 6.92 Å². The van der Waals surface area contributed by atoms with Gasteiger partial charge in [0.25, 0.3) is 11.8 Å². The van der Waals surface area contributed by atoms with Crippen molar-refractivity contribution in [3.8, 4) is 17.6 Å². The molecule has 0 spiro atoms. The van der Waals surface area contributed by atoms with Crippen LogP contribution < -0.4 is 20.1 Å². The second-order valence-electron chi connectivity index (χ2n) is 5.87. The van der Waals surface area contributed by atoms with Crippen molar-refractivity contribution >= 4 is 46.8 Å². The van der Waals surface area contributed by atoms with Gasteiger partial charge >= 0.3 is 0 Å². The van der Waals surface area contributed by atoms with Crippen molar-refractivity contribution in [2.24, 2.45) is 0 Å². The lowest BCUT2D eigenvalue weighted by molar-refractivity contribution is -0.123. The quantitative estimate of drug-likeness (QED) is 0.469. The van der Waals surface area contributed by atoms with Gasteiger partial charge in [-0.15, -0.1) is 0 Å². The molecule has 0 saturated carbocycles. The number of likely N-dealkylation sites (N-methyl/N-ethyl adjacent to an activating group) is 1. The van der Waals surface area contributed by atoms with Crippen LogP contribution in [0.4, 0.5) is 5.69 Å². The number of nitriles is 1. The van der Waals surface area contributed by atoms with Gasteiger partial charge in [-0.3, -0.25) is 9.59 Å². The third-order valence-electron chi connectivity index (χ3n) is 3.80. The molecule has 156 valence electrons. The van der Waals surface area contributed by atoms with Crippen LogP contribution in [0.5, 0.6) is 11.5 Å². The summed E-state index contributed by atoms with van der Waals surface area (Å²) >= 11 is 12.1. The minimum atomic E-state index is -0.664. The molecule has 2 amide bonds. The van der Waals surface area contributed by atoms with E-state index >= 15 is 0 Å². The van der Waals surface area contributed by atoms with Crippen LogP contribution in [0, 0.1) is 11.3 Å². The van der Waals surface area contributed by atoms with Crippen LogP contribution in [0.15, 0.2) is 42.0 Å². The molecule has 0 bridgehead atoms. The Kier molecular flexibility index (Phi) is 8.54. The zero-order valence-electron chi connectivity index (χ0n) is 16.3. The van der Waals surface area contributed by atoms with Gasteiger partial charge in [-0.05, 0) is 42.8 Å². The second kappa shape index (κ2) is 11.1. The fourth-order valence-corrected chi connectivity index (χ4v) is 2.89. The maximum Gasteiger partial charge on any atom is 0.266 e. The summed E-state index contributed by atoms with van der Waals surface area (Å²) in [7, 11) is 1.44. The highest BCUT2D eigenvalue weighted by molar-refractivity contribution is 6.40. The van der Waals surface area contributed by atoms with Crippen LogP contribution in [0.25, 0.3) is 6.08 Å². The van der Waals surface area contributed by atoms with Crippen LogP contribution in [0.3, 0.4) is 0 Å². The van der Waals surface area contributed by atoms with Gasteiger partial charge in [0.05, 0.1) is 22.8 Å². The number of halogens is 2. The smallest absolute Gasteiger partial charge is 0.266 e. The Hall–Kier alpha value is -3.21. The number of ether oxygens (including phenoxy) is 2. The lowest BCUT2D eigenvalue weighted by atomic mass is 10.1. The summed E-state index contributed by atoms with van der Waals surface area (Å²) in [6, 6.07) is 11.4. The van der Waals surface area contributed by atoms with Gasteiger partial charge in [0.15, 0.2) is 18.1 Å². The molecular weight excluding hydrogens is 429 g/mol. The first-order valence-corrected chi connectivity index (χ1v) is 9.59. The zero-order chi connectivity index (χ0) is 22.1. The summed E-state index contributed by atoms with van der Waals surface area (Å²) in [4.78, 5) is 24.0. The molecule has 0 aliphatic heterocycles. The lowest BCUT2D eigenvalue weighted by Crippen LogP contribution is -2.28. The molecule has 0 aromatic heterocycles. The molecule has 0 atom stereocenters. The van der Waals surface area contributed by atoms with Crippen LogP contribution in [-0.2, 0) is 9.59 Å². The van der Waals surface area contributed by atoms with E-state index in [2.05, 4.69) is 10.6 Å². The molecule has 2 aromatic carbocycles. The summed E-state index contributed by atoms with van der Waals surface area (Å²) in [5, 5.41) is 15.1. The molecule has 0 radical (unpaired) electrons. The maximum absolute atomic E-state index is 12.5. The Labute approximate surface area is 184 Å². The van der Waals surface area contributed by atoms with Crippen molar-refractivity contribution in [1.82, 2.24) is 5.32 Å². The SMILES string of the molecule is CCNC(=O)COc1ccc(/C=C(\C#N)C(=O)Nc2c(Cl)cccc2Cl)cc1OC. The van der Waals surface area contributed by atoms with E-state index in [-0.39, 0.29) is 33.8 Å². The van der Waals surface area contributed by atoms with E-state index in [0.717, 1.165) is 0 Å². The van der Waals surface area contributed by atoms with Crippen molar-refractivity contribution in [1.29, 1.82) is 5.26 Å². The van der Waals surface area contributed by atoms with E-state index in [0.29, 0.717) is 23.6 Å². The lowest BCUT2D eigenvalue weighted by Gasteiger charge is -2.11. The number of para-hydroxylation sites is 1. The van der Waals surface area contributed by atoms with Crippen LogP contribution in [-0.4, -0.2) is 32.1 Å². The van der Waals surface area contributed by atoms with Crippen molar-refractivity contribution in [2.75, 3.05) is 25.6 Å². The third kappa shape index (κ3) is 6.14. The topological polar surface area (TPSA) is 100 Å². The van der Waals surface area contributed by atoms with Gasteiger partial charge < -0.3 is 20.1 Å². The fourth-order valence-electron chi connectivity index (χ4n) is 2.40. The predicted octanol–water partition coefficient (Wildman–Crippen LogP) is 4.06. The van der Waals surface area contributed by atoms with E-state index in [4.69, 9.17) is 32.7 Å². The minimum Gasteiger partial charge on any atom is -0.493 e. The highest BCUT2D eigenvalue weighted by Crippen LogP contribution is 2.31. The predicted molar refractivity (Wildman–Crippen MR) is 116 cm³/mol. The molecule has 0 aliphatic carbocycles. The number of carbonyl (C=O) groups is 2. The van der Waals surface area contributed by atoms with Gasteiger partial charge in [0.2, 0.25) is 0 Å². The van der Waals surface area contributed by atoms with Gasteiger partial charge in [-0.2, -0.15) is 5.26 Å². The van der Waals surface area contributed by atoms with Gasteiger partial charge in [-0.1, -0.05) is 35.3 Å². The largest absolute Gasteiger partial charge is 0.493 e. The first kappa shape index (κ1) is 23.1. The van der Waals surface area contributed by atoms with Gasteiger partial charge in [-0.25, -0.2) is 0 Å². The van der Waals surface area contributed by atoms with E-state index in [1.54, 1.807) is 36.4 Å².